The fraction of sp³-hybridized carbons (Fsp3) is 0.273. The maximum Gasteiger partial charge on any atom is 0.274 e. The third-order valence-electron chi connectivity index (χ3n) is 5.85. The molecule has 3 heterocycles. The van der Waals surface area contributed by atoms with Crippen molar-refractivity contribution in [2.24, 2.45) is 7.05 Å². The number of hydrogen-bond acceptors (Lipinski definition) is 6. The number of rotatable bonds is 3. The number of anilines is 1. The number of piperazine rings is 1. The van der Waals surface area contributed by atoms with Gasteiger partial charge in [0.1, 0.15) is 12.4 Å². The molecule has 9 heteroatoms. The highest BCUT2D eigenvalue weighted by Crippen LogP contribution is 2.38. The van der Waals surface area contributed by atoms with Crippen molar-refractivity contribution in [2.45, 2.75) is 6.61 Å². The van der Waals surface area contributed by atoms with E-state index in [1.807, 2.05) is 36.2 Å². The van der Waals surface area contributed by atoms with Crippen LogP contribution in [0.15, 0.2) is 48.5 Å². The highest BCUT2D eigenvalue weighted by Gasteiger charge is 2.31. The Balaban J connectivity index is 1.32. The third-order valence-corrected chi connectivity index (χ3v) is 5.85. The van der Waals surface area contributed by atoms with Crippen molar-refractivity contribution in [3.63, 3.8) is 0 Å². The maximum atomic E-state index is 13.3. The molecule has 1 amide bonds. The van der Waals surface area contributed by atoms with Crippen LogP contribution >= 0.6 is 0 Å². The molecule has 2 aromatic carbocycles. The SMILES string of the molecule is Cn1nc(C(=O)N2CCN(c3ccc([N+](=O)[O-])cc3)CC2)c2c1-c1ccccc1OC2. The molecule has 0 unspecified atom stereocenters. The van der Waals surface area contributed by atoms with Gasteiger partial charge in [0.25, 0.3) is 11.6 Å². The molecule has 2 aliphatic rings. The van der Waals surface area contributed by atoms with Crippen LogP contribution in [-0.4, -0.2) is 51.7 Å². The number of nitrogens with zero attached hydrogens (tertiary/aromatic N) is 5. The molecule has 0 radical (unpaired) electrons. The van der Waals surface area contributed by atoms with Crippen LogP contribution in [0.2, 0.25) is 0 Å². The molecule has 3 aromatic rings. The van der Waals surface area contributed by atoms with Gasteiger partial charge in [-0.15, -0.1) is 0 Å². The van der Waals surface area contributed by atoms with E-state index in [2.05, 4.69) is 10.00 Å². The molecule has 0 bridgehead atoms. The smallest absolute Gasteiger partial charge is 0.274 e. The number of ether oxygens (including phenoxy) is 1. The molecular weight excluding hydrogens is 398 g/mol. The van der Waals surface area contributed by atoms with Gasteiger partial charge in [-0.05, 0) is 24.3 Å². The van der Waals surface area contributed by atoms with Gasteiger partial charge in [0, 0.05) is 62.2 Å². The Morgan fingerprint density at radius 1 is 1.06 bits per heavy atom. The Hall–Kier alpha value is -3.88. The number of carbonyl (C=O) groups is 1. The Morgan fingerprint density at radius 2 is 1.77 bits per heavy atom. The lowest BCUT2D eigenvalue weighted by atomic mass is 10.0. The van der Waals surface area contributed by atoms with Gasteiger partial charge in [0.05, 0.1) is 10.6 Å². The molecule has 0 saturated carbocycles. The van der Waals surface area contributed by atoms with Gasteiger partial charge in [-0.2, -0.15) is 5.10 Å². The summed E-state index contributed by atoms with van der Waals surface area (Å²) in [5, 5.41) is 15.4. The Labute approximate surface area is 178 Å². The molecule has 5 rings (SSSR count). The number of fused-ring (bicyclic) bond motifs is 3. The number of nitro benzene ring substituents is 1. The average molecular weight is 419 g/mol. The zero-order valence-electron chi connectivity index (χ0n) is 17.0. The first-order chi connectivity index (χ1) is 15.0. The van der Waals surface area contributed by atoms with Crippen molar-refractivity contribution in [3.05, 3.63) is 69.9 Å². The molecule has 1 saturated heterocycles. The minimum absolute atomic E-state index is 0.0706. The quantitative estimate of drug-likeness (QED) is 0.479. The minimum Gasteiger partial charge on any atom is -0.488 e. The van der Waals surface area contributed by atoms with Gasteiger partial charge < -0.3 is 14.5 Å². The zero-order chi connectivity index (χ0) is 21.5. The lowest BCUT2D eigenvalue weighted by molar-refractivity contribution is -0.384. The number of amides is 1. The summed E-state index contributed by atoms with van der Waals surface area (Å²) in [7, 11) is 1.85. The van der Waals surface area contributed by atoms with Gasteiger partial charge in [0.2, 0.25) is 0 Å². The van der Waals surface area contributed by atoms with Crippen molar-refractivity contribution in [1.29, 1.82) is 0 Å². The van der Waals surface area contributed by atoms with Crippen molar-refractivity contribution in [1.82, 2.24) is 14.7 Å². The standard InChI is InChI=1S/C22H21N5O4/c1-24-21-17-4-2-3-5-19(17)31-14-18(21)20(23-24)22(28)26-12-10-25(11-13-26)15-6-8-16(9-7-15)27(29)30/h2-9H,10-14H2,1H3. The van der Waals surface area contributed by atoms with E-state index in [0.717, 1.165) is 28.3 Å². The van der Waals surface area contributed by atoms with Crippen molar-refractivity contribution >= 4 is 17.3 Å². The lowest BCUT2D eigenvalue weighted by Gasteiger charge is -2.36. The summed E-state index contributed by atoms with van der Waals surface area (Å²) >= 11 is 0. The van der Waals surface area contributed by atoms with Crippen molar-refractivity contribution in [2.75, 3.05) is 31.1 Å². The predicted molar refractivity (Wildman–Crippen MR) is 114 cm³/mol. The molecule has 1 fully saturated rings. The van der Waals surface area contributed by atoms with Gasteiger partial charge in [-0.1, -0.05) is 12.1 Å². The predicted octanol–water partition coefficient (Wildman–Crippen LogP) is 2.85. The molecule has 9 nitrogen and oxygen atoms in total. The van der Waals surface area contributed by atoms with Gasteiger partial charge in [0.15, 0.2) is 5.69 Å². The highest BCUT2D eigenvalue weighted by molar-refractivity contribution is 5.96. The van der Waals surface area contributed by atoms with E-state index in [0.29, 0.717) is 38.5 Å². The van der Waals surface area contributed by atoms with Crippen LogP contribution in [0.3, 0.4) is 0 Å². The number of carbonyl (C=O) groups excluding carboxylic acids is 1. The van der Waals surface area contributed by atoms with E-state index >= 15 is 0 Å². The second kappa shape index (κ2) is 7.42. The van der Waals surface area contributed by atoms with Crippen LogP contribution in [0.25, 0.3) is 11.3 Å². The summed E-state index contributed by atoms with van der Waals surface area (Å²) in [4.78, 5) is 27.6. The van der Waals surface area contributed by atoms with E-state index < -0.39 is 4.92 Å². The number of aryl methyl sites for hydroxylation is 1. The normalized spacial score (nSPS) is 15.1. The molecule has 0 atom stereocenters. The fourth-order valence-electron chi connectivity index (χ4n) is 4.25. The van der Waals surface area contributed by atoms with Gasteiger partial charge >= 0.3 is 0 Å². The van der Waals surface area contributed by atoms with Crippen LogP contribution in [0.4, 0.5) is 11.4 Å². The highest BCUT2D eigenvalue weighted by atomic mass is 16.6. The summed E-state index contributed by atoms with van der Waals surface area (Å²) in [6.45, 7) is 2.73. The van der Waals surface area contributed by atoms with Crippen LogP contribution in [-0.2, 0) is 13.7 Å². The van der Waals surface area contributed by atoms with E-state index in [-0.39, 0.29) is 11.6 Å². The average Bonchev–Trinajstić information content (AvgIpc) is 3.15. The number of para-hydroxylation sites is 1. The van der Waals surface area contributed by atoms with Crippen molar-refractivity contribution < 1.29 is 14.5 Å². The van der Waals surface area contributed by atoms with Crippen LogP contribution in [0.5, 0.6) is 5.75 Å². The van der Waals surface area contributed by atoms with E-state index in [1.54, 1.807) is 16.8 Å². The number of hydrogen-bond donors (Lipinski definition) is 0. The van der Waals surface area contributed by atoms with E-state index in [9.17, 15) is 14.9 Å². The second-order valence-electron chi connectivity index (χ2n) is 7.64. The first-order valence-electron chi connectivity index (χ1n) is 10.1. The minimum atomic E-state index is -0.407. The molecule has 158 valence electrons. The number of non-ortho nitro benzene ring substituents is 1. The van der Waals surface area contributed by atoms with E-state index in [1.165, 1.54) is 12.1 Å². The molecule has 2 aliphatic heterocycles. The van der Waals surface area contributed by atoms with Crippen LogP contribution < -0.4 is 9.64 Å². The van der Waals surface area contributed by atoms with Gasteiger partial charge in [-0.3, -0.25) is 19.6 Å². The maximum absolute atomic E-state index is 13.3. The molecule has 0 N–H and O–H groups in total. The molecule has 0 spiro atoms. The summed E-state index contributed by atoms with van der Waals surface area (Å²) in [6.07, 6.45) is 0. The third kappa shape index (κ3) is 3.27. The van der Waals surface area contributed by atoms with Crippen molar-refractivity contribution in [3.8, 4) is 17.0 Å². The zero-order valence-corrected chi connectivity index (χ0v) is 17.0. The number of benzene rings is 2. The first-order valence-corrected chi connectivity index (χ1v) is 10.1. The molecule has 0 aliphatic carbocycles. The first kappa shape index (κ1) is 19.1. The molecule has 31 heavy (non-hydrogen) atoms. The monoisotopic (exact) mass is 419 g/mol. The number of aromatic nitrogens is 2. The van der Waals surface area contributed by atoms with Crippen LogP contribution in [0.1, 0.15) is 16.1 Å². The molecular formula is C22H21N5O4. The Bertz CT molecular complexity index is 1160. The Morgan fingerprint density at radius 3 is 2.48 bits per heavy atom. The van der Waals surface area contributed by atoms with Gasteiger partial charge in [-0.25, -0.2) is 0 Å². The second-order valence-corrected chi connectivity index (χ2v) is 7.64. The molecule has 1 aromatic heterocycles. The summed E-state index contributed by atoms with van der Waals surface area (Å²) in [6, 6.07) is 14.3. The summed E-state index contributed by atoms with van der Waals surface area (Å²) in [5.41, 5.74) is 4.12. The number of nitro groups is 1. The lowest BCUT2D eigenvalue weighted by Crippen LogP contribution is -2.49. The topological polar surface area (TPSA) is 93.7 Å². The fourth-order valence-corrected chi connectivity index (χ4v) is 4.25. The largest absolute Gasteiger partial charge is 0.488 e. The van der Waals surface area contributed by atoms with Crippen LogP contribution in [0, 0.1) is 10.1 Å². The van der Waals surface area contributed by atoms with E-state index in [4.69, 9.17) is 4.74 Å². The summed E-state index contributed by atoms with van der Waals surface area (Å²) in [5.74, 6) is 0.705. The summed E-state index contributed by atoms with van der Waals surface area (Å²) < 4.78 is 7.62. The Kier molecular flexibility index (Phi) is 4.58.